The Morgan fingerprint density at radius 1 is 1.19 bits per heavy atom. The number of benzene rings is 1. The summed E-state index contributed by atoms with van der Waals surface area (Å²) in [7, 11) is -4.17. The summed E-state index contributed by atoms with van der Waals surface area (Å²) in [4.78, 5) is 29.1. The molecule has 1 aromatic heterocycles. The van der Waals surface area contributed by atoms with Crippen molar-refractivity contribution in [1.82, 2.24) is 9.71 Å². The number of carbonyl (C=O) groups is 2. The summed E-state index contributed by atoms with van der Waals surface area (Å²) < 4.78 is 72.0. The molecule has 1 aliphatic rings. The number of amides is 1. The minimum Gasteiger partial charge on any atom is -0.462 e. The van der Waals surface area contributed by atoms with Crippen LogP contribution in [0.5, 0.6) is 0 Å². The van der Waals surface area contributed by atoms with E-state index in [9.17, 15) is 36.4 Å². The highest BCUT2D eigenvalue weighted by Crippen LogP contribution is 2.35. The molecule has 1 N–H and O–H groups in total. The van der Waals surface area contributed by atoms with Crippen molar-refractivity contribution in [3.63, 3.8) is 0 Å². The minimum atomic E-state index is -5.03. The van der Waals surface area contributed by atoms with Crippen LogP contribution >= 0.6 is 0 Å². The number of nitrogens with one attached hydrogen (secondary N) is 1. The van der Waals surface area contributed by atoms with Crippen molar-refractivity contribution in [2.45, 2.75) is 18.9 Å². The van der Waals surface area contributed by atoms with Crippen LogP contribution in [-0.4, -0.2) is 45.0 Å². The van der Waals surface area contributed by atoms with Gasteiger partial charge >= 0.3 is 12.1 Å². The number of halogens is 3. The summed E-state index contributed by atoms with van der Waals surface area (Å²) in [6, 6.07) is 10.2. The van der Waals surface area contributed by atoms with Gasteiger partial charge in [-0.05, 0) is 24.6 Å². The lowest BCUT2D eigenvalue weighted by atomic mass is 9.98. The highest BCUT2D eigenvalue weighted by atomic mass is 32.2. The summed E-state index contributed by atoms with van der Waals surface area (Å²) in [5.41, 5.74) is -2.47. The molecule has 188 valence electrons. The van der Waals surface area contributed by atoms with Crippen molar-refractivity contribution in [2.24, 2.45) is 5.92 Å². The number of carbonyl (C=O) groups excluding carboxylic acids is 2. The van der Waals surface area contributed by atoms with Crippen LogP contribution in [0.1, 0.15) is 39.7 Å². The summed E-state index contributed by atoms with van der Waals surface area (Å²) in [5.74, 6) is -4.11. The van der Waals surface area contributed by atoms with E-state index in [0.717, 1.165) is 6.07 Å². The Hall–Kier alpha value is -4.17. The quantitative estimate of drug-likeness (QED) is 0.540. The van der Waals surface area contributed by atoms with Crippen LogP contribution in [0.15, 0.2) is 30.3 Å². The Bertz CT molecular complexity index is 1390. The van der Waals surface area contributed by atoms with Gasteiger partial charge in [0.2, 0.25) is 15.9 Å². The van der Waals surface area contributed by atoms with E-state index in [1.165, 1.54) is 24.0 Å². The number of sulfonamides is 1. The average molecular weight is 521 g/mol. The van der Waals surface area contributed by atoms with Crippen LogP contribution in [0.3, 0.4) is 0 Å². The van der Waals surface area contributed by atoms with Crippen LogP contribution in [0, 0.1) is 28.6 Å². The molecule has 2 aromatic rings. The molecular formula is C22H18F3N5O5S. The summed E-state index contributed by atoms with van der Waals surface area (Å²) >= 11 is 0. The van der Waals surface area contributed by atoms with Gasteiger partial charge < -0.3 is 9.64 Å². The van der Waals surface area contributed by atoms with Gasteiger partial charge in [0.05, 0.1) is 41.0 Å². The molecule has 1 fully saturated rings. The molecule has 3 rings (SSSR count). The van der Waals surface area contributed by atoms with Crippen molar-refractivity contribution in [3.8, 4) is 12.1 Å². The molecule has 1 aliphatic heterocycles. The Balaban J connectivity index is 1.76. The fraction of sp³-hybridized carbons (Fsp3) is 0.318. The topological polar surface area (TPSA) is 153 Å². The largest absolute Gasteiger partial charge is 0.462 e. The first kappa shape index (κ1) is 26.4. The molecule has 0 spiro atoms. The lowest BCUT2D eigenvalue weighted by molar-refractivity contribution is -0.141. The van der Waals surface area contributed by atoms with Crippen LogP contribution in [0.4, 0.5) is 19.0 Å². The molecule has 0 saturated carbocycles. The van der Waals surface area contributed by atoms with E-state index in [0.29, 0.717) is 0 Å². The number of hydrogen-bond acceptors (Lipinski definition) is 9. The van der Waals surface area contributed by atoms with Crippen molar-refractivity contribution in [3.05, 3.63) is 58.3 Å². The van der Waals surface area contributed by atoms with Gasteiger partial charge in [-0.2, -0.15) is 23.7 Å². The second-order valence-corrected chi connectivity index (χ2v) is 9.40. The number of alkyl halides is 3. The molecule has 0 unspecified atom stereocenters. The number of anilines is 1. The number of nitrogens with zero attached hydrogens (tertiary/aromatic N) is 4. The third kappa shape index (κ3) is 5.72. The Labute approximate surface area is 204 Å². The molecule has 0 atom stereocenters. The molecule has 1 aromatic carbocycles. The normalized spacial score (nSPS) is 13.8. The number of rotatable bonds is 7. The standard InChI is InChI=1S/C22H18F3N5O5S/c1-2-35-21(32)17-7-15(9-27)19(28-18(17)22(23,24)25)30-10-16(11-30)20(31)29-36(33,34)12-14-6-4-3-5-13(14)8-26/h3-7,16H,2,10-12H2,1H3,(H,29,31). The van der Waals surface area contributed by atoms with Gasteiger partial charge in [0.15, 0.2) is 5.69 Å². The van der Waals surface area contributed by atoms with E-state index in [2.05, 4.69) is 9.72 Å². The Morgan fingerprint density at radius 3 is 2.42 bits per heavy atom. The van der Waals surface area contributed by atoms with Crippen LogP contribution in [0.2, 0.25) is 0 Å². The zero-order chi connectivity index (χ0) is 26.7. The van der Waals surface area contributed by atoms with Gasteiger partial charge in [-0.25, -0.2) is 18.2 Å². The maximum atomic E-state index is 13.6. The number of esters is 1. The predicted octanol–water partition coefficient (Wildman–Crippen LogP) is 2.10. The van der Waals surface area contributed by atoms with E-state index in [-0.39, 0.29) is 36.4 Å². The zero-order valence-electron chi connectivity index (χ0n) is 18.7. The number of aromatic nitrogens is 1. The number of nitriles is 2. The first-order chi connectivity index (χ1) is 16.9. The molecule has 0 bridgehead atoms. The van der Waals surface area contributed by atoms with Gasteiger partial charge in [-0.15, -0.1) is 0 Å². The minimum absolute atomic E-state index is 0.131. The van der Waals surface area contributed by atoms with Gasteiger partial charge in [0.1, 0.15) is 11.9 Å². The molecule has 2 heterocycles. The van der Waals surface area contributed by atoms with Crippen LogP contribution in [-0.2, 0) is 31.5 Å². The number of pyridine rings is 1. The van der Waals surface area contributed by atoms with E-state index in [1.54, 1.807) is 18.2 Å². The number of hydrogen-bond donors (Lipinski definition) is 1. The van der Waals surface area contributed by atoms with Crippen molar-refractivity contribution in [1.29, 1.82) is 10.5 Å². The second kappa shape index (κ2) is 10.2. The van der Waals surface area contributed by atoms with Crippen molar-refractivity contribution < 1.29 is 35.9 Å². The monoisotopic (exact) mass is 521 g/mol. The lowest BCUT2D eigenvalue weighted by Crippen LogP contribution is -2.55. The first-order valence-electron chi connectivity index (χ1n) is 10.4. The number of ether oxygens (including phenoxy) is 1. The SMILES string of the molecule is CCOC(=O)c1cc(C#N)c(N2CC(C(=O)NS(=O)(=O)Cc3ccccc3C#N)C2)nc1C(F)(F)F. The molecule has 0 radical (unpaired) electrons. The van der Waals surface area contributed by atoms with Gasteiger partial charge in [0, 0.05) is 13.1 Å². The van der Waals surface area contributed by atoms with Crippen molar-refractivity contribution >= 4 is 27.7 Å². The highest BCUT2D eigenvalue weighted by Gasteiger charge is 2.42. The molecule has 14 heteroatoms. The van der Waals surface area contributed by atoms with Crippen molar-refractivity contribution in [2.75, 3.05) is 24.6 Å². The Morgan fingerprint density at radius 2 is 1.83 bits per heavy atom. The second-order valence-electron chi connectivity index (χ2n) is 7.68. The molecule has 10 nitrogen and oxygen atoms in total. The van der Waals surface area contributed by atoms with Gasteiger partial charge in [0.25, 0.3) is 0 Å². The molecule has 1 amide bonds. The zero-order valence-corrected chi connectivity index (χ0v) is 19.5. The maximum absolute atomic E-state index is 13.6. The predicted molar refractivity (Wildman–Crippen MR) is 118 cm³/mol. The van der Waals surface area contributed by atoms with Gasteiger partial charge in [-0.1, -0.05) is 18.2 Å². The fourth-order valence-electron chi connectivity index (χ4n) is 3.46. The summed E-state index contributed by atoms with van der Waals surface area (Å²) in [6.45, 7) is 0.793. The Kier molecular flexibility index (Phi) is 7.50. The highest BCUT2D eigenvalue weighted by molar-refractivity contribution is 7.89. The van der Waals surface area contributed by atoms with E-state index >= 15 is 0 Å². The lowest BCUT2D eigenvalue weighted by Gasteiger charge is -2.39. The average Bonchev–Trinajstić information content (AvgIpc) is 2.77. The third-order valence-corrected chi connectivity index (χ3v) is 6.38. The molecule has 0 aliphatic carbocycles. The fourth-order valence-corrected chi connectivity index (χ4v) is 4.66. The third-order valence-electron chi connectivity index (χ3n) is 5.18. The van der Waals surface area contributed by atoms with Crippen LogP contribution < -0.4 is 9.62 Å². The summed E-state index contributed by atoms with van der Waals surface area (Å²) in [5, 5.41) is 18.5. The first-order valence-corrected chi connectivity index (χ1v) is 12.0. The maximum Gasteiger partial charge on any atom is 0.434 e. The summed E-state index contributed by atoms with van der Waals surface area (Å²) in [6.07, 6.45) is -5.03. The molecular weight excluding hydrogens is 503 g/mol. The smallest absolute Gasteiger partial charge is 0.434 e. The molecule has 1 saturated heterocycles. The van der Waals surface area contributed by atoms with Gasteiger partial charge in [-0.3, -0.25) is 9.52 Å². The van der Waals surface area contributed by atoms with E-state index < -0.39 is 56.8 Å². The van der Waals surface area contributed by atoms with E-state index in [1.807, 2.05) is 10.8 Å². The van der Waals surface area contributed by atoms with E-state index in [4.69, 9.17) is 5.26 Å². The van der Waals surface area contributed by atoms with Crippen LogP contribution in [0.25, 0.3) is 0 Å². The molecule has 36 heavy (non-hydrogen) atoms.